The Hall–Kier alpha value is -2.98. The number of anilines is 1. The van der Waals surface area contributed by atoms with Gasteiger partial charge in [0.25, 0.3) is 5.91 Å². The number of nitrogens with one attached hydrogen (secondary N) is 1. The summed E-state index contributed by atoms with van der Waals surface area (Å²) in [5.41, 5.74) is -3.92. The zero-order chi connectivity index (χ0) is 19.5. The first-order valence-electron chi connectivity index (χ1n) is 6.77. The van der Waals surface area contributed by atoms with Gasteiger partial charge in [0.2, 0.25) is 5.76 Å². The Kier molecular flexibility index (Phi) is 5.28. The average Bonchev–Trinajstić information content (AvgIpc) is 3.05. The van der Waals surface area contributed by atoms with E-state index in [1.54, 1.807) is 0 Å². The Morgan fingerprint density at radius 2 is 1.58 bits per heavy atom. The normalized spacial score (nSPS) is 11.9. The zero-order valence-corrected chi connectivity index (χ0v) is 12.6. The maximum Gasteiger partial charge on any atom is 0.416 e. The van der Waals surface area contributed by atoms with E-state index in [1.165, 1.54) is 12.1 Å². The Morgan fingerprint density at radius 3 is 2.04 bits per heavy atom. The van der Waals surface area contributed by atoms with E-state index in [4.69, 9.17) is 4.42 Å². The Bertz CT molecular complexity index is 763. The van der Waals surface area contributed by atoms with Crippen molar-refractivity contribution in [1.29, 1.82) is 0 Å². The molecule has 0 bridgehead atoms. The lowest BCUT2D eigenvalue weighted by molar-refractivity contribution is -0.143. The summed E-state index contributed by atoms with van der Waals surface area (Å²) in [7, 11) is 0. The van der Waals surface area contributed by atoms with Crippen molar-refractivity contribution >= 4 is 17.6 Å². The third kappa shape index (κ3) is 5.01. The number of carbonyl (C=O) groups is 2. The highest BCUT2D eigenvalue weighted by Gasteiger charge is 2.37. The van der Waals surface area contributed by atoms with Crippen LogP contribution in [0.4, 0.5) is 32.0 Å². The minimum Gasteiger partial charge on any atom is -0.457 e. The average molecular weight is 381 g/mol. The van der Waals surface area contributed by atoms with Crippen molar-refractivity contribution < 1.29 is 45.1 Å². The molecule has 5 nitrogen and oxygen atoms in total. The first-order chi connectivity index (χ1) is 12.0. The topological polar surface area (TPSA) is 68.5 Å². The quantitative estimate of drug-likeness (QED) is 0.639. The van der Waals surface area contributed by atoms with Crippen LogP contribution in [0.2, 0.25) is 0 Å². The molecule has 0 aliphatic rings. The molecule has 0 unspecified atom stereocenters. The number of benzene rings is 1. The Balaban J connectivity index is 2.12. The number of furan rings is 1. The number of carbonyl (C=O) groups excluding carboxylic acids is 2. The fourth-order valence-corrected chi connectivity index (χ4v) is 1.82. The minimum atomic E-state index is -5.05. The van der Waals surface area contributed by atoms with Gasteiger partial charge in [-0.1, -0.05) is 0 Å². The molecule has 0 atom stereocenters. The number of ether oxygens (including phenoxy) is 1. The number of esters is 1. The molecule has 1 heterocycles. The first-order valence-corrected chi connectivity index (χ1v) is 6.77. The van der Waals surface area contributed by atoms with Gasteiger partial charge in [0, 0.05) is 5.69 Å². The molecule has 0 radical (unpaired) electrons. The van der Waals surface area contributed by atoms with Crippen molar-refractivity contribution in [3.05, 3.63) is 53.5 Å². The van der Waals surface area contributed by atoms with Gasteiger partial charge >= 0.3 is 18.3 Å². The van der Waals surface area contributed by atoms with Crippen molar-refractivity contribution in [3.63, 3.8) is 0 Å². The molecule has 26 heavy (non-hydrogen) atoms. The van der Waals surface area contributed by atoms with Crippen LogP contribution < -0.4 is 5.32 Å². The third-order valence-corrected chi connectivity index (χ3v) is 2.93. The van der Waals surface area contributed by atoms with Crippen molar-refractivity contribution in [2.75, 3.05) is 11.9 Å². The van der Waals surface area contributed by atoms with E-state index in [0.29, 0.717) is 12.1 Å². The van der Waals surface area contributed by atoms with Crippen LogP contribution in [0.5, 0.6) is 0 Å². The summed E-state index contributed by atoms with van der Waals surface area (Å²) < 4.78 is 85.6. The van der Waals surface area contributed by atoms with Crippen LogP contribution in [-0.4, -0.2) is 18.5 Å². The summed E-state index contributed by atoms with van der Waals surface area (Å²) in [6.07, 6.45) is -8.93. The molecule has 0 saturated carbocycles. The maximum atomic E-state index is 12.7. The van der Waals surface area contributed by atoms with Gasteiger partial charge in [-0.2, -0.15) is 26.3 Å². The monoisotopic (exact) mass is 381 g/mol. The summed E-state index contributed by atoms with van der Waals surface area (Å²) in [4.78, 5) is 23.1. The second-order valence-electron chi connectivity index (χ2n) is 4.90. The molecular weight excluding hydrogens is 372 g/mol. The molecule has 1 aromatic heterocycles. The summed E-state index contributed by atoms with van der Waals surface area (Å²) in [5.74, 6) is -2.38. The van der Waals surface area contributed by atoms with Crippen LogP contribution in [-0.2, 0) is 21.9 Å². The lowest BCUT2D eigenvalue weighted by Gasteiger charge is -2.14. The standard InChI is InChI=1S/C15H9F6NO4/c16-14(17,18)8-4-9(15(19,20)21)6-10(5-8)22-12(23)7-26-13(24)11-2-1-3-25-11/h1-6H,7H2,(H,22,23). The molecule has 2 aromatic rings. The van der Waals surface area contributed by atoms with E-state index in [2.05, 4.69) is 4.74 Å². The Morgan fingerprint density at radius 1 is 1.00 bits per heavy atom. The van der Waals surface area contributed by atoms with Crippen LogP contribution in [0.1, 0.15) is 21.7 Å². The fourth-order valence-electron chi connectivity index (χ4n) is 1.82. The molecule has 1 amide bonds. The van der Waals surface area contributed by atoms with Gasteiger partial charge in [0.1, 0.15) is 0 Å². The van der Waals surface area contributed by atoms with Gasteiger partial charge in [0.15, 0.2) is 6.61 Å². The number of amides is 1. The van der Waals surface area contributed by atoms with Crippen LogP contribution in [0.15, 0.2) is 41.0 Å². The second kappa shape index (κ2) is 7.10. The highest BCUT2D eigenvalue weighted by atomic mass is 19.4. The summed E-state index contributed by atoms with van der Waals surface area (Å²) in [6.45, 7) is -0.933. The number of rotatable bonds is 4. The van der Waals surface area contributed by atoms with Crippen LogP contribution in [0.3, 0.4) is 0 Å². The van der Waals surface area contributed by atoms with Crippen LogP contribution in [0.25, 0.3) is 0 Å². The molecule has 2 rings (SSSR count). The van der Waals surface area contributed by atoms with Gasteiger partial charge in [-0.05, 0) is 30.3 Å². The van der Waals surface area contributed by atoms with Crippen molar-refractivity contribution in [2.45, 2.75) is 12.4 Å². The van der Waals surface area contributed by atoms with E-state index in [0.717, 1.165) is 6.26 Å². The molecule has 11 heteroatoms. The largest absolute Gasteiger partial charge is 0.457 e. The van der Waals surface area contributed by atoms with E-state index in [-0.39, 0.29) is 11.8 Å². The molecule has 1 N–H and O–H groups in total. The van der Waals surface area contributed by atoms with E-state index in [9.17, 15) is 35.9 Å². The number of alkyl halides is 6. The molecule has 0 aliphatic carbocycles. The first kappa shape index (κ1) is 19.3. The lowest BCUT2D eigenvalue weighted by atomic mass is 10.1. The lowest BCUT2D eigenvalue weighted by Crippen LogP contribution is -2.21. The predicted molar refractivity (Wildman–Crippen MR) is 74.1 cm³/mol. The SMILES string of the molecule is O=C(COC(=O)c1ccco1)Nc1cc(C(F)(F)F)cc(C(F)(F)F)c1. The molecule has 140 valence electrons. The zero-order valence-electron chi connectivity index (χ0n) is 12.6. The van der Waals surface area contributed by atoms with Gasteiger partial charge in [-0.15, -0.1) is 0 Å². The number of hydrogen-bond acceptors (Lipinski definition) is 4. The van der Waals surface area contributed by atoms with Crippen molar-refractivity contribution in [2.24, 2.45) is 0 Å². The summed E-state index contributed by atoms with van der Waals surface area (Å²) >= 11 is 0. The van der Waals surface area contributed by atoms with Gasteiger partial charge in [0.05, 0.1) is 17.4 Å². The highest BCUT2D eigenvalue weighted by molar-refractivity contribution is 5.94. The van der Waals surface area contributed by atoms with E-state index >= 15 is 0 Å². The van der Waals surface area contributed by atoms with Crippen LogP contribution in [0, 0.1) is 0 Å². The van der Waals surface area contributed by atoms with E-state index in [1.807, 2.05) is 5.32 Å². The molecule has 0 fully saturated rings. The van der Waals surface area contributed by atoms with Gasteiger partial charge in [-0.3, -0.25) is 4.79 Å². The number of halogens is 6. The molecule has 0 saturated heterocycles. The Labute approximate surface area is 141 Å². The van der Waals surface area contributed by atoms with Crippen LogP contribution >= 0.6 is 0 Å². The molecule has 1 aromatic carbocycles. The maximum absolute atomic E-state index is 12.7. The van der Waals surface area contributed by atoms with Gasteiger partial charge < -0.3 is 14.5 Å². The van der Waals surface area contributed by atoms with Crippen molar-refractivity contribution in [3.8, 4) is 0 Å². The van der Waals surface area contributed by atoms with Crippen molar-refractivity contribution in [1.82, 2.24) is 0 Å². The predicted octanol–water partition coefficient (Wildman–Crippen LogP) is 4.11. The summed E-state index contributed by atoms with van der Waals surface area (Å²) in [5, 5.41) is 1.82. The van der Waals surface area contributed by atoms with E-state index < -0.39 is 47.7 Å². The fraction of sp³-hybridized carbons (Fsp3) is 0.200. The highest BCUT2D eigenvalue weighted by Crippen LogP contribution is 2.37. The minimum absolute atomic E-state index is 0.0768. The second-order valence-corrected chi connectivity index (χ2v) is 4.90. The molecule has 0 aliphatic heterocycles. The third-order valence-electron chi connectivity index (χ3n) is 2.93. The molecule has 0 spiro atoms. The number of hydrogen-bond donors (Lipinski definition) is 1. The summed E-state index contributed by atoms with van der Waals surface area (Å²) in [6, 6.07) is 3.20. The molecular formula is C15H9F6NO4. The van der Waals surface area contributed by atoms with Gasteiger partial charge in [-0.25, -0.2) is 4.79 Å². The smallest absolute Gasteiger partial charge is 0.416 e.